The van der Waals surface area contributed by atoms with Crippen LogP contribution in [0.5, 0.6) is 0 Å². The van der Waals surface area contributed by atoms with Gasteiger partial charge in [0.15, 0.2) is 0 Å². The maximum absolute atomic E-state index is 11.6. The van der Waals surface area contributed by atoms with Crippen molar-refractivity contribution in [1.29, 1.82) is 0 Å². The summed E-state index contributed by atoms with van der Waals surface area (Å²) in [6.07, 6.45) is 7.05. The van der Waals surface area contributed by atoms with Crippen molar-refractivity contribution in [2.24, 2.45) is 5.41 Å². The molecule has 0 unspecified atom stereocenters. The van der Waals surface area contributed by atoms with Crippen molar-refractivity contribution in [3.63, 3.8) is 0 Å². The van der Waals surface area contributed by atoms with Gasteiger partial charge in [0.2, 0.25) is 0 Å². The van der Waals surface area contributed by atoms with Crippen molar-refractivity contribution >= 4 is 5.97 Å². The summed E-state index contributed by atoms with van der Waals surface area (Å²) in [4.78, 5) is 11.6. The van der Waals surface area contributed by atoms with E-state index in [-0.39, 0.29) is 5.41 Å². The number of aliphatic carboxylic acids is 1. The van der Waals surface area contributed by atoms with E-state index in [1.54, 1.807) is 0 Å². The van der Waals surface area contributed by atoms with E-state index in [0.29, 0.717) is 5.57 Å². The van der Waals surface area contributed by atoms with Crippen molar-refractivity contribution in [3.05, 3.63) is 22.9 Å². The van der Waals surface area contributed by atoms with Crippen LogP contribution >= 0.6 is 0 Å². The number of unbranched alkanes of at least 4 members (excludes halogenated alkanes) is 1. The number of carboxylic acid groups (broad SMARTS) is 1. The van der Waals surface area contributed by atoms with E-state index in [4.69, 9.17) is 0 Å². The highest BCUT2D eigenvalue weighted by Crippen LogP contribution is 2.54. The lowest BCUT2D eigenvalue weighted by atomic mass is 9.88. The molecule has 3 heteroatoms. The summed E-state index contributed by atoms with van der Waals surface area (Å²) in [6.45, 7) is 6.21. The number of nitrogens with one attached hydrogen (secondary N) is 1. The van der Waals surface area contributed by atoms with Gasteiger partial charge in [0.05, 0.1) is 5.57 Å². The molecule has 1 saturated carbocycles. The molecule has 0 amide bonds. The monoisotopic (exact) mass is 251 g/mol. The Hall–Kier alpha value is -1.25. The highest BCUT2D eigenvalue weighted by atomic mass is 16.4. The average molecular weight is 251 g/mol. The summed E-state index contributed by atoms with van der Waals surface area (Å²) in [5.41, 5.74) is 2.44. The summed E-state index contributed by atoms with van der Waals surface area (Å²) >= 11 is 0. The van der Waals surface area contributed by atoms with E-state index in [0.717, 1.165) is 43.4 Å². The zero-order valence-corrected chi connectivity index (χ0v) is 12.0. The third kappa shape index (κ3) is 3.15. The normalized spacial score (nSPS) is 19.2. The fourth-order valence-electron chi connectivity index (χ4n) is 2.39. The van der Waals surface area contributed by atoms with Gasteiger partial charge in [0.25, 0.3) is 0 Å². The molecule has 3 nitrogen and oxygen atoms in total. The minimum absolute atomic E-state index is 0.0801. The number of carbonyl (C=O) groups is 1. The molecule has 1 rings (SSSR count). The molecule has 0 atom stereocenters. The molecule has 0 aromatic rings. The van der Waals surface area contributed by atoms with Gasteiger partial charge in [-0.3, -0.25) is 0 Å². The Balaban J connectivity index is 3.13. The van der Waals surface area contributed by atoms with Crippen LogP contribution in [0.4, 0.5) is 0 Å². The predicted molar refractivity (Wildman–Crippen MR) is 74.3 cm³/mol. The Morgan fingerprint density at radius 3 is 2.39 bits per heavy atom. The zero-order valence-electron chi connectivity index (χ0n) is 12.0. The van der Waals surface area contributed by atoms with Crippen LogP contribution in [0.2, 0.25) is 0 Å². The molecule has 18 heavy (non-hydrogen) atoms. The summed E-state index contributed by atoms with van der Waals surface area (Å²) < 4.78 is 0. The molecule has 0 heterocycles. The van der Waals surface area contributed by atoms with Crippen LogP contribution in [0, 0.1) is 5.41 Å². The van der Waals surface area contributed by atoms with Gasteiger partial charge in [-0.15, -0.1) is 0 Å². The smallest absolute Gasteiger partial charge is 0.337 e. The van der Waals surface area contributed by atoms with E-state index >= 15 is 0 Å². The molecule has 2 N–H and O–H groups in total. The Bertz CT molecular complexity index is 376. The van der Waals surface area contributed by atoms with E-state index in [9.17, 15) is 9.90 Å². The second-order valence-corrected chi connectivity index (χ2v) is 5.28. The maximum Gasteiger partial charge on any atom is 0.337 e. The van der Waals surface area contributed by atoms with E-state index in [2.05, 4.69) is 19.2 Å². The number of hydrogen-bond donors (Lipinski definition) is 2. The highest BCUT2D eigenvalue weighted by molar-refractivity contribution is 5.93. The largest absolute Gasteiger partial charge is 0.478 e. The fraction of sp³-hybridized carbons (Fsp3) is 0.667. The molecule has 0 saturated heterocycles. The van der Waals surface area contributed by atoms with Gasteiger partial charge in [-0.2, -0.15) is 0 Å². The van der Waals surface area contributed by atoms with Crippen LogP contribution in [0.1, 0.15) is 52.9 Å². The Morgan fingerprint density at radius 1 is 1.44 bits per heavy atom. The lowest BCUT2D eigenvalue weighted by Gasteiger charge is -2.19. The second-order valence-electron chi connectivity index (χ2n) is 5.28. The zero-order chi connectivity index (χ0) is 13.8. The van der Waals surface area contributed by atoms with E-state index < -0.39 is 5.97 Å². The van der Waals surface area contributed by atoms with Gasteiger partial charge in [-0.1, -0.05) is 26.3 Å². The van der Waals surface area contributed by atoms with Gasteiger partial charge in [0.1, 0.15) is 0 Å². The molecule has 1 aliphatic carbocycles. The molecule has 1 aliphatic rings. The lowest BCUT2D eigenvalue weighted by molar-refractivity contribution is -0.132. The molecule has 0 aliphatic heterocycles. The summed E-state index contributed by atoms with van der Waals surface area (Å²) in [5, 5.41) is 12.6. The van der Waals surface area contributed by atoms with E-state index in [1.807, 2.05) is 20.0 Å². The topological polar surface area (TPSA) is 49.3 Å². The SMILES string of the molecule is C/C=C(\C(C(=O)O)=C(/CCCC)NC)C1(C)CC1. The van der Waals surface area contributed by atoms with Gasteiger partial charge in [-0.05, 0) is 43.6 Å². The van der Waals surface area contributed by atoms with Crippen molar-refractivity contribution in [2.45, 2.75) is 52.9 Å². The standard InChI is InChI=1S/C15H25NO2/c1-5-7-8-12(16-4)13(14(17)18)11(6-2)15(3)9-10-15/h6,16H,5,7-10H2,1-4H3,(H,17,18)/b11-6+,13-12-. The quantitative estimate of drug-likeness (QED) is 0.538. The molecule has 0 bridgehead atoms. The molecule has 1 fully saturated rings. The summed E-state index contributed by atoms with van der Waals surface area (Å²) in [5.74, 6) is -0.809. The predicted octanol–water partition coefficient (Wildman–Crippen LogP) is 3.48. The van der Waals surface area contributed by atoms with Crippen molar-refractivity contribution in [2.75, 3.05) is 7.05 Å². The number of hydrogen-bond acceptors (Lipinski definition) is 2. The van der Waals surface area contributed by atoms with Crippen molar-refractivity contribution < 1.29 is 9.90 Å². The maximum atomic E-state index is 11.6. The van der Waals surface area contributed by atoms with Crippen LogP contribution in [0.25, 0.3) is 0 Å². The van der Waals surface area contributed by atoms with Crippen LogP contribution < -0.4 is 5.32 Å². The van der Waals surface area contributed by atoms with Gasteiger partial charge < -0.3 is 10.4 Å². The Kier molecular flexibility index (Phi) is 5.00. The van der Waals surface area contributed by atoms with E-state index in [1.165, 1.54) is 0 Å². The molecule has 0 aromatic carbocycles. The summed E-state index contributed by atoms with van der Waals surface area (Å²) in [7, 11) is 1.82. The molecular formula is C15H25NO2. The minimum Gasteiger partial charge on any atom is -0.478 e. The first-order valence-corrected chi connectivity index (χ1v) is 6.81. The van der Waals surface area contributed by atoms with Crippen LogP contribution in [0.15, 0.2) is 22.9 Å². The average Bonchev–Trinajstić information content (AvgIpc) is 3.07. The van der Waals surface area contributed by atoms with Gasteiger partial charge in [-0.25, -0.2) is 4.79 Å². The number of rotatable bonds is 7. The first kappa shape index (κ1) is 14.8. The Morgan fingerprint density at radius 2 is 2.06 bits per heavy atom. The third-order valence-corrected chi connectivity index (χ3v) is 3.81. The second kappa shape index (κ2) is 6.07. The summed E-state index contributed by atoms with van der Waals surface area (Å²) in [6, 6.07) is 0. The van der Waals surface area contributed by atoms with Crippen LogP contribution in [-0.4, -0.2) is 18.1 Å². The molecule has 0 radical (unpaired) electrons. The number of allylic oxidation sites excluding steroid dienone is 2. The first-order chi connectivity index (χ1) is 8.50. The Labute approximate surface area is 110 Å². The minimum atomic E-state index is -0.809. The van der Waals surface area contributed by atoms with Gasteiger partial charge in [0, 0.05) is 12.7 Å². The molecule has 102 valence electrons. The number of carboxylic acids is 1. The highest BCUT2D eigenvalue weighted by Gasteiger charge is 2.43. The van der Waals surface area contributed by atoms with Gasteiger partial charge >= 0.3 is 5.97 Å². The van der Waals surface area contributed by atoms with Crippen LogP contribution in [-0.2, 0) is 4.79 Å². The lowest BCUT2D eigenvalue weighted by Crippen LogP contribution is -2.19. The first-order valence-electron chi connectivity index (χ1n) is 6.81. The van der Waals surface area contributed by atoms with Crippen LogP contribution in [0.3, 0.4) is 0 Å². The third-order valence-electron chi connectivity index (χ3n) is 3.81. The molecular weight excluding hydrogens is 226 g/mol. The fourth-order valence-corrected chi connectivity index (χ4v) is 2.39. The van der Waals surface area contributed by atoms with Crippen molar-refractivity contribution in [3.8, 4) is 0 Å². The van der Waals surface area contributed by atoms with Crippen molar-refractivity contribution in [1.82, 2.24) is 5.32 Å². The molecule has 0 aromatic heterocycles. The molecule has 0 spiro atoms.